The van der Waals surface area contributed by atoms with E-state index in [1.54, 1.807) is 4.90 Å². The molecule has 1 aliphatic rings. The van der Waals surface area contributed by atoms with E-state index in [4.69, 9.17) is 4.74 Å². The maximum Gasteiger partial charge on any atom is 0.248 e. The highest BCUT2D eigenvalue weighted by atomic mass is 32.2. The Labute approximate surface area is 177 Å². The third-order valence-corrected chi connectivity index (χ3v) is 7.75. The van der Waals surface area contributed by atoms with E-state index in [0.717, 1.165) is 27.4 Å². The first-order valence-corrected chi connectivity index (χ1v) is 11.6. The minimum Gasteiger partial charge on any atom is -0.364 e. The van der Waals surface area contributed by atoms with Crippen LogP contribution in [-0.4, -0.2) is 61.3 Å². The minimum absolute atomic E-state index is 0.0443. The van der Waals surface area contributed by atoms with Crippen molar-refractivity contribution in [3.8, 4) is 0 Å². The molecular formula is C20H20FN3O4S2. The van der Waals surface area contributed by atoms with Crippen LogP contribution in [0.3, 0.4) is 0 Å². The van der Waals surface area contributed by atoms with Crippen molar-refractivity contribution >= 4 is 37.5 Å². The lowest BCUT2D eigenvalue weighted by atomic mass is 10.3. The summed E-state index contributed by atoms with van der Waals surface area (Å²) in [7, 11) is -3.70. The SMILES string of the molecule is O=C(COCc1nc2ccccc2s1)N1CCN(S(=O)(=O)c2ccc(F)cc2)CC1. The van der Waals surface area contributed by atoms with E-state index in [1.807, 2.05) is 24.3 Å². The number of aromatic nitrogens is 1. The maximum absolute atomic E-state index is 13.1. The summed E-state index contributed by atoms with van der Waals surface area (Å²) < 4.78 is 46.3. The van der Waals surface area contributed by atoms with E-state index in [0.29, 0.717) is 0 Å². The van der Waals surface area contributed by atoms with Crippen molar-refractivity contribution in [2.45, 2.75) is 11.5 Å². The van der Waals surface area contributed by atoms with Gasteiger partial charge in [-0.05, 0) is 36.4 Å². The zero-order valence-corrected chi connectivity index (χ0v) is 17.7. The van der Waals surface area contributed by atoms with Gasteiger partial charge < -0.3 is 9.64 Å². The normalized spacial score (nSPS) is 15.6. The lowest BCUT2D eigenvalue weighted by Crippen LogP contribution is -2.51. The van der Waals surface area contributed by atoms with Crippen LogP contribution >= 0.6 is 11.3 Å². The fourth-order valence-corrected chi connectivity index (χ4v) is 5.56. The summed E-state index contributed by atoms with van der Waals surface area (Å²) in [5, 5.41) is 0.805. The van der Waals surface area contributed by atoms with E-state index in [1.165, 1.54) is 27.8 Å². The summed E-state index contributed by atoms with van der Waals surface area (Å²) in [5.74, 6) is -0.676. The number of ether oxygens (including phenoxy) is 1. The molecule has 7 nitrogen and oxygen atoms in total. The van der Waals surface area contributed by atoms with Crippen LogP contribution in [-0.2, 0) is 26.2 Å². The van der Waals surface area contributed by atoms with E-state index in [2.05, 4.69) is 4.98 Å². The highest BCUT2D eigenvalue weighted by Gasteiger charge is 2.30. The topological polar surface area (TPSA) is 79.8 Å². The van der Waals surface area contributed by atoms with Crippen LogP contribution in [0.4, 0.5) is 4.39 Å². The predicted octanol–water partition coefficient (Wildman–Crippen LogP) is 2.49. The molecular weight excluding hydrogens is 429 g/mol. The molecule has 10 heteroatoms. The van der Waals surface area contributed by atoms with Crippen molar-refractivity contribution in [2.24, 2.45) is 0 Å². The summed E-state index contributed by atoms with van der Waals surface area (Å²) in [6.45, 7) is 1.10. The molecule has 0 saturated carbocycles. The summed E-state index contributed by atoms with van der Waals surface area (Å²) in [4.78, 5) is 18.5. The van der Waals surface area contributed by atoms with Gasteiger partial charge >= 0.3 is 0 Å². The lowest BCUT2D eigenvalue weighted by Gasteiger charge is -2.34. The molecule has 2 heterocycles. The van der Waals surface area contributed by atoms with Crippen LogP contribution in [0.2, 0.25) is 0 Å². The van der Waals surface area contributed by atoms with E-state index in [-0.39, 0.29) is 50.2 Å². The van der Waals surface area contributed by atoms with Gasteiger partial charge in [0.25, 0.3) is 0 Å². The molecule has 0 atom stereocenters. The zero-order chi connectivity index (χ0) is 21.1. The standard InChI is InChI=1S/C20H20FN3O4S2/c21-15-5-7-16(8-6-15)30(26,27)24-11-9-23(10-12-24)20(25)14-28-13-19-22-17-3-1-2-4-18(17)29-19/h1-8H,9-14H2. The summed E-state index contributed by atoms with van der Waals surface area (Å²) >= 11 is 1.53. The molecule has 158 valence electrons. The number of fused-ring (bicyclic) bond motifs is 1. The molecule has 0 radical (unpaired) electrons. The van der Waals surface area contributed by atoms with Crippen molar-refractivity contribution in [2.75, 3.05) is 32.8 Å². The van der Waals surface area contributed by atoms with Crippen LogP contribution in [0.15, 0.2) is 53.4 Å². The number of thiazole rings is 1. The maximum atomic E-state index is 13.1. The Kier molecular flexibility index (Phi) is 6.09. The van der Waals surface area contributed by atoms with Crippen molar-refractivity contribution < 1.29 is 22.3 Å². The van der Waals surface area contributed by atoms with Crippen LogP contribution < -0.4 is 0 Å². The summed E-state index contributed by atoms with van der Waals surface area (Å²) in [6, 6.07) is 12.5. The number of hydrogen-bond donors (Lipinski definition) is 0. The Morgan fingerprint density at radius 2 is 1.77 bits per heavy atom. The van der Waals surface area contributed by atoms with Gasteiger partial charge in [-0.2, -0.15) is 4.31 Å². The van der Waals surface area contributed by atoms with Crippen molar-refractivity contribution in [3.05, 3.63) is 59.4 Å². The van der Waals surface area contributed by atoms with Gasteiger partial charge in [0.05, 0.1) is 21.7 Å². The number of carbonyl (C=O) groups is 1. The predicted molar refractivity (Wildman–Crippen MR) is 111 cm³/mol. The zero-order valence-electron chi connectivity index (χ0n) is 16.0. The van der Waals surface area contributed by atoms with Crippen LogP contribution in [0, 0.1) is 5.82 Å². The molecule has 4 rings (SSSR count). The highest BCUT2D eigenvalue weighted by molar-refractivity contribution is 7.89. The second kappa shape index (κ2) is 8.76. The Morgan fingerprint density at radius 1 is 1.07 bits per heavy atom. The molecule has 2 aromatic carbocycles. The number of carbonyl (C=O) groups excluding carboxylic acids is 1. The molecule has 1 amide bonds. The molecule has 3 aromatic rings. The second-order valence-corrected chi connectivity index (χ2v) is 9.86. The number of para-hydroxylation sites is 1. The molecule has 0 N–H and O–H groups in total. The molecule has 0 unspecified atom stereocenters. The van der Waals surface area contributed by atoms with E-state index < -0.39 is 15.8 Å². The molecule has 30 heavy (non-hydrogen) atoms. The smallest absolute Gasteiger partial charge is 0.248 e. The number of piperazine rings is 1. The van der Waals surface area contributed by atoms with Crippen molar-refractivity contribution in [1.29, 1.82) is 0 Å². The molecule has 0 bridgehead atoms. The van der Waals surface area contributed by atoms with Gasteiger partial charge in [0, 0.05) is 26.2 Å². The third kappa shape index (κ3) is 4.51. The summed E-state index contributed by atoms with van der Waals surface area (Å²) in [6.07, 6.45) is 0. The van der Waals surface area contributed by atoms with Gasteiger partial charge in [0.15, 0.2) is 0 Å². The first-order valence-electron chi connectivity index (χ1n) is 9.39. The molecule has 0 spiro atoms. The van der Waals surface area contributed by atoms with E-state index in [9.17, 15) is 17.6 Å². The quantitative estimate of drug-likeness (QED) is 0.578. The monoisotopic (exact) mass is 449 g/mol. The number of nitrogens with zero attached hydrogens (tertiary/aromatic N) is 3. The van der Waals surface area contributed by atoms with Crippen molar-refractivity contribution in [3.63, 3.8) is 0 Å². The number of rotatable bonds is 6. The minimum atomic E-state index is -3.70. The number of halogens is 1. The lowest BCUT2D eigenvalue weighted by molar-refractivity contribution is -0.137. The van der Waals surface area contributed by atoms with Crippen LogP contribution in [0.25, 0.3) is 10.2 Å². The van der Waals surface area contributed by atoms with Gasteiger partial charge in [-0.1, -0.05) is 12.1 Å². The highest BCUT2D eigenvalue weighted by Crippen LogP contribution is 2.22. The molecule has 1 fully saturated rings. The average molecular weight is 450 g/mol. The Bertz CT molecular complexity index is 1110. The molecule has 1 aromatic heterocycles. The fourth-order valence-electron chi connectivity index (χ4n) is 3.23. The largest absolute Gasteiger partial charge is 0.364 e. The van der Waals surface area contributed by atoms with Crippen LogP contribution in [0.5, 0.6) is 0 Å². The number of amides is 1. The Hall–Kier alpha value is -2.40. The van der Waals surface area contributed by atoms with Crippen molar-refractivity contribution in [1.82, 2.24) is 14.2 Å². The second-order valence-electron chi connectivity index (χ2n) is 6.81. The number of hydrogen-bond acceptors (Lipinski definition) is 6. The third-order valence-electron chi connectivity index (χ3n) is 4.83. The number of sulfonamides is 1. The fraction of sp³-hybridized carbons (Fsp3) is 0.300. The molecule has 1 aliphatic heterocycles. The van der Waals surface area contributed by atoms with E-state index >= 15 is 0 Å². The molecule has 0 aliphatic carbocycles. The van der Waals surface area contributed by atoms with Gasteiger partial charge in [0.1, 0.15) is 17.4 Å². The average Bonchev–Trinajstić information content (AvgIpc) is 3.17. The Balaban J connectivity index is 1.27. The van der Waals surface area contributed by atoms with Gasteiger partial charge in [0.2, 0.25) is 15.9 Å². The van der Waals surface area contributed by atoms with Gasteiger partial charge in [-0.25, -0.2) is 17.8 Å². The first-order chi connectivity index (χ1) is 14.4. The Morgan fingerprint density at radius 3 is 2.47 bits per heavy atom. The number of benzene rings is 2. The van der Waals surface area contributed by atoms with Crippen LogP contribution in [0.1, 0.15) is 5.01 Å². The first kappa shape index (κ1) is 20.9. The van der Waals surface area contributed by atoms with Gasteiger partial charge in [-0.3, -0.25) is 4.79 Å². The van der Waals surface area contributed by atoms with Gasteiger partial charge in [-0.15, -0.1) is 11.3 Å². The molecule has 1 saturated heterocycles. The summed E-state index contributed by atoms with van der Waals surface area (Å²) in [5.41, 5.74) is 0.908.